The molecule has 1 unspecified atom stereocenters. The summed E-state index contributed by atoms with van der Waals surface area (Å²) in [7, 11) is 0. The average molecular weight is 279 g/mol. The molecule has 1 N–H and O–H groups in total. The number of aromatic nitrogens is 2. The van der Waals surface area contributed by atoms with Gasteiger partial charge in [-0.25, -0.2) is 0 Å². The second kappa shape index (κ2) is 6.24. The van der Waals surface area contributed by atoms with E-state index >= 15 is 0 Å². The van der Waals surface area contributed by atoms with Crippen LogP contribution in [0.4, 0.5) is 0 Å². The molecule has 2 rings (SSSR count). The van der Waals surface area contributed by atoms with E-state index in [4.69, 9.17) is 8.83 Å². The van der Waals surface area contributed by atoms with Crippen LogP contribution in [-0.4, -0.2) is 27.9 Å². The van der Waals surface area contributed by atoms with Gasteiger partial charge >= 0.3 is 0 Å². The summed E-state index contributed by atoms with van der Waals surface area (Å²) in [4.78, 5) is 11.7. The number of carbonyl (C=O) groups is 1. The van der Waals surface area contributed by atoms with E-state index in [2.05, 4.69) is 22.1 Å². The minimum Gasteiger partial charge on any atom is -0.459 e. The molecule has 0 spiro atoms. The molecule has 0 radical (unpaired) electrons. The lowest BCUT2D eigenvalue weighted by molar-refractivity contribution is -0.120. The fraction of sp³-hybridized carbons (Fsp3) is 0.250. The summed E-state index contributed by atoms with van der Waals surface area (Å²) >= 11 is 1.19. The highest BCUT2D eigenvalue weighted by molar-refractivity contribution is 8.00. The Balaban J connectivity index is 1.96. The van der Waals surface area contributed by atoms with Crippen LogP contribution in [0.15, 0.2) is 45.1 Å². The van der Waals surface area contributed by atoms with Crippen molar-refractivity contribution in [3.8, 4) is 11.7 Å². The van der Waals surface area contributed by atoms with Gasteiger partial charge in [0.05, 0.1) is 11.5 Å². The molecule has 0 fully saturated rings. The summed E-state index contributed by atoms with van der Waals surface area (Å²) in [5.41, 5.74) is 0. The molecular formula is C12H13N3O3S. The van der Waals surface area contributed by atoms with Crippen LogP contribution < -0.4 is 5.32 Å². The number of hydrogen-bond acceptors (Lipinski definition) is 6. The van der Waals surface area contributed by atoms with Gasteiger partial charge in [-0.05, 0) is 19.1 Å². The number of nitrogens with zero attached hydrogens (tertiary/aromatic N) is 2. The summed E-state index contributed by atoms with van der Waals surface area (Å²) in [5.74, 6) is 0.692. The highest BCUT2D eigenvalue weighted by Crippen LogP contribution is 2.26. The van der Waals surface area contributed by atoms with Gasteiger partial charge in [-0.15, -0.1) is 16.8 Å². The predicted molar refractivity (Wildman–Crippen MR) is 70.5 cm³/mol. The van der Waals surface area contributed by atoms with E-state index < -0.39 is 0 Å². The first-order valence-corrected chi connectivity index (χ1v) is 6.51. The Bertz CT molecular complexity index is 550. The lowest BCUT2D eigenvalue weighted by Crippen LogP contribution is -2.30. The molecule has 19 heavy (non-hydrogen) atoms. The predicted octanol–water partition coefficient (Wildman–Crippen LogP) is 2.11. The summed E-state index contributed by atoms with van der Waals surface area (Å²) in [6.07, 6.45) is 3.15. The van der Waals surface area contributed by atoms with Crippen LogP contribution in [0.1, 0.15) is 6.92 Å². The van der Waals surface area contributed by atoms with Crippen LogP contribution in [0, 0.1) is 0 Å². The van der Waals surface area contributed by atoms with E-state index in [1.807, 2.05) is 0 Å². The molecule has 0 aliphatic carbocycles. The molecule has 0 aliphatic rings. The van der Waals surface area contributed by atoms with Crippen molar-refractivity contribution < 1.29 is 13.6 Å². The Morgan fingerprint density at radius 2 is 2.47 bits per heavy atom. The van der Waals surface area contributed by atoms with Crippen molar-refractivity contribution in [2.24, 2.45) is 0 Å². The Kier molecular flexibility index (Phi) is 4.40. The summed E-state index contributed by atoms with van der Waals surface area (Å²) in [5, 5.41) is 10.4. The molecular weight excluding hydrogens is 266 g/mol. The van der Waals surface area contributed by atoms with Crippen molar-refractivity contribution in [3.63, 3.8) is 0 Å². The molecule has 100 valence electrons. The lowest BCUT2D eigenvalue weighted by atomic mass is 10.4. The number of amides is 1. The molecule has 0 saturated heterocycles. The Morgan fingerprint density at radius 1 is 1.63 bits per heavy atom. The van der Waals surface area contributed by atoms with E-state index in [0.717, 1.165) is 0 Å². The zero-order valence-corrected chi connectivity index (χ0v) is 11.1. The second-order valence-electron chi connectivity index (χ2n) is 3.64. The molecule has 0 saturated carbocycles. The number of thioether (sulfide) groups is 1. The quantitative estimate of drug-likeness (QED) is 0.644. The van der Waals surface area contributed by atoms with Crippen molar-refractivity contribution in [3.05, 3.63) is 31.1 Å². The van der Waals surface area contributed by atoms with E-state index in [9.17, 15) is 4.79 Å². The maximum Gasteiger partial charge on any atom is 0.284 e. The fourth-order valence-corrected chi connectivity index (χ4v) is 1.99. The third-order valence-electron chi connectivity index (χ3n) is 2.21. The second-order valence-corrected chi connectivity index (χ2v) is 4.94. The SMILES string of the molecule is C=CCNC(=O)C(C)Sc1nnc(-c2ccco2)o1. The molecule has 2 aromatic heterocycles. The van der Waals surface area contributed by atoms with Gasteiger partial charge in [-0.2, -0.15) is 0 Å². The van der Waals surface area contributed by atoms with E-state index in [1.54, 1.807) is 25.1 Å². The van der Waals surface area contributed by atoms with Crippen molar-refractivity contribution >= 4 is 17.7 Å². The van der Waals surface area contributed by atoms with Gasteiger partial charge in [0, 0.05) is 6.54 Å². The minimum atomic E-state index is -0.329. The van der Waals surface area contributed by atoms with Crippen molar-refractivity contribution in [1.82, 2.24) is 15.5 Å². The van der Waals surface area contributed by atoms with Crippen LogP contribution in [0.5, 0.6) is 0 Å². The molecule has 2 aromatic rings. The molecule has 6 nitrogen and oxygen atoms in total. The maximum atomic E-state index is 11.7. The highest BCUT2D eigenvalue weighted by atomic mass is 32.2. The Labute approximate surface area is 114 Å². The van der Waals surface area contributed by atoms with Crippen LogP contribution >= 0.6 is 11.8 Å². The van der Waals surface area contributed by atoms with Gasteiger partial charge < -0.3 is 14.2 Å². The molecule has 1 amide bonds. The summed E-state index contributed by atoms with van der Waals surface area (Å²) in [6.45, 7) is 5.73. The van der Waals surface area contributed by atoms with Crippen LogP contribution in [0.2, 0.25) is 0 Å². The normalized spacial score (nSPS) is 12.1. The van der Waals surface area contributed by atoms with Gasteiger partial charge in [0.1, 0.15) is 0 Å². The number of hydrogen-bond donors (Lipinski definition) is 1. The van der Waals surface area contributed by atoms with Gasteiger partial charge in [-0.1, -0.05) is 17.8 Å². The van der Waals surface area contributed by atoms with Crippen molar-refractivity contribution in [1.29, 1.82) is 0 Å². The monoisotopic (exact) mass is 279 g/mol. The van der Waals surface area contributed by atoms with Crippen LogP contribution in [0.25, 0.3) is 11.7 Å². The fourth-order valence-electron chi connectivity index (χ4n) is 1.28. The van der Waals surface area contributed by atoms with Crippen LogP contribution in [0.3, 0.4) is 0 Å². The van der Waals surface area contributed by atoms with Crippen molar-refractivity contribution in [2.75, 3.05) is 6.54 Å². The third kappa shape index (κ3) is 3.47. The molecule has 0 aliphatic heterocycles. The highest BCUT2D eigenvalue weighted by Gasteiger charge is 2.18. The first-order valence-electron chi connectivity index (χ1n) is 5.63. The maximum absolute atomic E-state index is 11.7. The molecule has 7 heteroatoms. The van der Waals surface area contributed by atoms with Gasteiger partial charge in [0.15, 0.2) is 5.76 Å². The van der Waals surface area contributed by atoms with Gasteiger partial charge in [0.2, 0.25) is 5.91 Å². The molecule has 1 atom stereocenters. The van der Waals surface area contributed by atoms with Gasteiger partial charge in [0.25, 0.3) is 11.1 Å². The average Bonchev–Trinajstić information content (AvgIpc) is 3.05. The van der Waals surface area contributed by atoms with Crippen LogP contribution in [-0.2, 0) is 4.79 Å². The third-order valence-corrected chi connectivity index (χ3v) is 3.14. The summed E-state index contributed by atoms with van der Waals surface area (Å²) < 4.78 is 10.5. The van der Waals surface area contributed by atoms with E-state index in [0.29, 0.717) is 23.4 Å². The zero-order chi connectivity index (χ0) is 13.7. The zero-order valence-electron chi connectivity index (χ0n) is 10.3. The topological polar surface area (TPSA) is 81.2 Å². The van der Waals surface area contributed by atoms with E-state index in [1.165, 1.54) is 18.0 Å². The van der Waals surface area contributed by atoms with E-state index in [-0.39, 0.29) is 11.2 Å². The molecule has 0 aromatic carbocycles. The Hall–Kier alpha value is -2.02. The molecule has 0 bridgehead atoms. The first kappa shape index (κ1) is 13.4. The first-order chi connectivity index (χ1) is 9.20. The smallest absolute Gasteiger partial charge is 0.284 e. The molecule has 2 heterocycles. The lowest BCUT2D eigenvalue weighted by Gasteiger charge is -2.07. The number of rotatable bonds is 6. The number of furan rings is 1. The Morgan fingerprint density at radius 3 is 3.16 bits per heavy atom. The number of nitrogens with one attached hydrogen (secondary N) is 1. The number of carbonyl (C=O) groups excluding carboxylic acids is 1. The largest absolute Gasteiger partial charge is 0.459 e. The summed E-state index contributed by atoms with van der Waals surface area (Å²) in [6, 6.07) is 3.46. The van der Waals surface area contributed by atoms with Gasteiger partial charge in [-0.3, -0.25) is 4.79 Å². The minimum absolute atomic E-state index is 0.109. The van der Waals surface area contributed by atoms with Crippen molar-refractivity contribution in [2.45, 2.75) is 17.4 Å². The standard InChI is InChI=1S/C12H13N3O3S/c1-3-6-13-10(16)8(2)19-12-15-14-11(18-12)9-5-4-7-17-9/h3-5,7-8H,1,6H2,2H3,(H,13,16).